The average molecular weight is 376 g/mol. The van der Waals surface area contributed by atoms with Crippen molar-refractivity contribution in [1.29, 1.82) is 0 Å². The van der Waals surface area contributed by atoms with Crippen LogP contribution < -0.4 is 10.6 Å². The van der Waals surface area contributed by atoms with Crippen molar-refractivity contribution in [3.8, 4) is 0 Å². The zero-order valence-corrected chi connectivity index (χ0v) is 15.2. The van der Waals surface area contributed by atoms with Gasteiger partial charge in [-0.05, 0) is 48.6 Å². The van der Waals surface area contributed by atoms with Gasteiger partial charge in [0, 0.05) is 28.7 Å². The van der Waals surface area contributed by atoms with Gasteiger partial charge in [0.15, 0.2) is 0 Å². The summed E-state index contributed by atoms with van der Waals surface area (Å²) in [6.45, 7) is 2.16. The molecule has 0 aliphatic heterocycles. The lowest BCUT2D eigenvalue weighted by Crippen LogP contribution is -2.45. The molecule has 1 atom stereocenters. The topological polar surface area (TPSA) is 74.0 Å². The number of halogens is 1. The van der Waals surface area contributed by atoms with Crippen LogP contribution >= 0.6 is 22.9 Å². The first-order chi connectivity index (χ1) is 12.0. The van der Waals surface area contributed by atoms with Gasteiger partial charge < -0.3 is 15.6 Å². The van der Waals surface area contributed by atoms with Crippen molar-refractivity contribution in [3.05, 3.63) is 57.4 Å². The first-order valence-electron chi connectivity index (χ1n) is 7.92. The van der Waals surface area contributed by atoms with E-state index in [1.165, 1.54) is 11.3 Å². The van der Waals surface area contributed by atoms with Gasteiger partial charge in [-0.15, -0.1) is 11.3 Å². The van der Waals surface area contributed by atoms with E-state index >= 15 is 0 Å². The molecule has 5 nitrogen and oxygen atoms in total. The van der Waals surface area contributed by atoms with Crippen LogP contribution in [0.25, 0.3) is 10.9 Å². The average Bonchev–Trinajstić information content (AvgIpc) is 3.24. The van der Waals surface area contributed by atoms with Crippen molar-refractivity contribution < 1.29 is 9.59 Å². The predicted molar refractivity (Wildman–Crippen MR) is 101 cm³/mol. The summed E-state index contributed by atoms with van der Waals surface area (Å²) >= 11 is 7.39. The Morgan fingerprint density at radius 1 is 1.32 bits per heavy atom. The number of hydrogen-bond acceptors (Lipinski definition) is 3. The first kappa shape index (κ1) is 17.5. The molecule has 1 unspecified atom stereocenters. The maximum Gasteiger partial charge on any atom is 0.261 e. The molecule has 0 radical (unpaired) electrons. The number of carbonyl (C=O) groups excluding carboxylic acids is 2. The molecule has 3 aromatic rings. The Morgan fingerprint density at radius 3 is 2.92 bits per heavy atom. The quantitative estimate of drug-likeness (QED) is 0.618. The minimum atomic E-state index is -0.591. The molecule has 0 spiro atoms. The molecular weight excluding hydrogens is 358 g/mol. The van der Waals surface area contributed by atoms with E-state index in [-0.39, 0.29) is 11.8 Å². The summed E-state index contributed by atoms with van der Waals surface area (Å²) in [5.41, 5.74) is 2.11. The van der Waals surface area contributed by atoms with Gasteiger partial charge in [0.25, 0.3) is 5.91 Å². The van der Waals surface area contributed by atoms with Gasteiger partial charge in [-0.1, -0.05) is 17.7 Å². The van der Waals surface area contributed by atoms with Crippen molar-refractivity contribution in [3.63, 3.8) is 0 Å². The molecule has 0 bridgehead atoms. The molecule has 2 heterocycles. The van der Waals surface area contributed by atoms with E-state index in [0.29, 0.717) is 22.9 Å². The molecule has 1 aromatic carbocycles. The fourth-order valence-electron chi connectivity index (χ4n) is 2.57. The number of rotatable bonds is 6. The van der Waals surface area contributed by atoms with Crippen LogP contribution in [0.3, 0.4) is 0 Å². The Balaban J connectivity index is 1.51. The van der Waals surface area contributed by atoms with Gasteiger partial charge >= 0.3 is 0 Å². The van der Waals surface area contributed by atoms with E-state index in [4.69, 9.17) is 11.6 Å². The van der Waals surface area contributed by atoms with Crippen LogP contribution in [0.1, 0.15) is 22.2 Å². The first-order valence-corrected chi connectivity index (χ1v) is 9.18. The standard InChI is InChI=1S/C18H18ClN3O2S/c1-11(22-18(24)16-3-2-8-25-16)17(23)20-7-6-12-10-21-15-5-4-13(19)9-14(12)15/h2-5,8-11,21H,6-7H2,1H3,(H,20,23)(H,22,24). The summed E-state index contributed by atoms with van der Waals surface area (Å²) in [5, 5.41) is 9.12. The van der Waals surface area contributed by atoms with Crippen molar-refractivity contribution in [2.45, 2.75) is 19.4 Å². The van der Waals surface area contributed by atoms with Crippen molar-refractivity contribution in [2.75, 3.05) is 6.54 Å². The smallest absolute Gasteiger partial charge is 0.261 e. The Morgan fingerprint density at radius 2 is 2.16 bits per heavy atom. The molecule has 2 aromatic heterocycles. The molecule has 3 rings (SSSR count). The van der Waals surface area contributed by atoms with Crippen molar-refractivity contribution >= 4 is 45.7 Å². The molecule has 3 N–H and O–H groups in total. The Bertz CT molecular complexity index is 889. The fraction of sp³-hybridized carbons (Fsp3) is 0.222. The maximum atomic E-state index is 12.1. The molecule has 0 aliphatic carbocycles. The lowest BCUT2D eigenvalue weighted by atomic mass is 10.1. The zero-order valence-electron chi connectivity index (χ0n) is 13.6. The van der Waals surface area contributed by atoms with E-state index in [1.54, 1.807) is 19.1 Å². The molecule has 0 fully saturated rings. The highest BCUT2D eigenvalue weighted by molar-refractivity contribution is 7.12. The Labute approximate surface area is 154 Å². The summed E-state index contributed by atoms with van der Waals surface area (Å²) in [6, 6.07) is 8.62. The number of benzene rings is 1. The van der Waals surface area contributed by atoms with Gasteiger partial charge in [0.1, 0.15) is 6.04 Å². The van der Waals surface area contributed by atoms with Gasteiger partial charge in [-0.2, -0.15) is 0 Å². The number of aromatic amines is 1. The minimum Gasteiger partial charge on any atom is -0.361 e. The van der Waals surface area contributed by atoms with Crippen LogP contribution in [-0.4, -0.2) is 29.4 Å². The second-order valence-electron chi connectivity index (χ2n) is 5.72. The number of thiophene rings is 1. The summed E-state index contributed by atoms with van der Waals surface area (Å²) in [5.74, 6) is -0.438. The van der Waals surface area contributed by atoms with Crippen LogP contribution in [0.15, 0.2) is 41.9 Å². The summed E-state index contributed by atoms with van der Waals surface area (Å²) in [7, 11) is 0. The van der Waals surface area contributed by atoms with Gasteiger partial charge in [0.05, 0.1) is 4.88 Å². The molecule has 0 saturated heterocycles. The number of carbonyl (C=O) groups is 2. The van der Waals surface area contributed by atoms with E-state index in [2.05, 4.69) is 15.6 Å². The third kappa shape index (κ3) is 4.21. The van der Waals surface area contributed by atoms with Gasteiger partial charge in [-0.25, -0.2) is 0 Å². The van der Waals surface area contributed by atoms with E-state index in [1.807, 2.05) is 29.8 Å². The highest BCUT2D eigenvalue weighted by Gasteiger charge is 2.16. The fourth-order valence-corrected chi connectivity index (χ4v) is 3.37. The van der Waals surface area contributed by atoms with Crippen LogP contribution in [0.5, 0.6) is 0 Å². The number of nitrogens with one attached hydrogen (secondary N) is 3. The largest absolute Gasteiger partial charge is 0.361 e. The molecule has 25 heavy (non-hydrogen) atoms. The second-order valence-corrected chi connectivity index (χ2v) is 7.10. The number of aromatic nitrogens is 1. The van der Waals surface area contributed by atoms with E-state index in [0.717, 1.165) is 16.5 Å². The third-order valence-corrected chi connectivity index (χ3v) is 5.01. The summed E-state index contributed by atoms with van der Waals surface area (Å²) < 4.78 is 0. The van der Waals surface area contributed by atoms with Crippen LogP contribution in [0.2, 0.25) is 5.02 Å². The molecular formula is C18H18ClN3O2S. The highest BCUT2D eigenvalue weighted by atomic mass is 35.5. The lowest BCUT2D eigenvalue weighted by molar-refractivity contribution is -0.122. The molecule has 130 valence electrons. The van der Waals surface area contributed by atoms with Crippen LogP contribution in [0.4, 0.5) is 0 Å². The highest BCUT2D eigenvalue weighted by Crippen LogP contribution is 2.22. The van der Waals surface area contributed by atoms with Gasteiger partial charge in [0.2, 0.25) is 5.91 Å². The zero-order chi connectivity index (χ0) is 17.8. The van der Waals surface area contributed by atoms with Crippen LogP contribution in [-0.2, 0) is 11.2 Å². The van der Waals surface area contributed by atoms with Gasteiger partial charge in [-0.3, -0.25) is 9.59 Å². The molecule has 0 aliphatic rings. The molecule has 7 heteroatoms. The SMILES string of the molecule is CC(NC(=O)c1cccs1)C(=O)NCCc1c[nH]c2ccc(Cl)cc12. The number of H-pyrrole nitrogens is 1. The summed E-state index contributed by atoms with van der Waals surface area (Å²) in [6.07, 6.45) is 2.60. The Hall–Kier alpha value is -2.31. The minimum absolute atomic E-state index is 0.206. The van der Waals surface area contributed by atoms with Crippen molar-refractivity contribution in [2.24, 2.45) is 0 Å². The van der Waals surface area contributed by atoms with E-state index in [9.17, 15) is 9.59 Å². The predicted octanol–water partition coefficient (Wildman–Crippen LogP) is 3.36. The second kappa shape index (κ2) is 7.72. The molecule has 2 amide bonds. The third-order valence-electron chi connectivity index (χ3n) is 3.91. The van der Waals surface area contributed by atoms with Crippen molar-refractivity contribution in [1.82, 2.24) is 15.6 Å². The lowest BCUT2D eigenvalue weighted by Gasteiger charge is -2.13. The summed E-state index contributed by atoms with van der Waals surface area (Å²) in [4.78, 5) is 27.9. The number of amides is 2. The number of fused-ring (bicyclic) bond motifs is 1. The maximum absolute atomic E-state index is 12.1. The Kier molecular flexibility index (Phi) is 5.40. The van der Waals surface area contributed by atoms with Crippen LogP contribution in [0, 0.1) is 0 Å². The number of hydrogen-bond donors (Lipinski definition) is 3. The monoisotopic (exact) mass is 375 g/mol. The normalized spacial score (nSPS) is 12.1. The molecule has 0 saturated carbocycles. The van der Waals surface area contributed by atoms with E-state index < -0.39 is 6.04 Å².